The molecule has 0 aliphatic rings. The Balaban J connectivity index is 1.64. The van der Waals surface area contributed by atoms with Gasteiger partial charge in [-0.2, -0.15) is 0 Å². The van der Waals surface area contributed by atoms with Gasteiger partial charge in [-0.1, -0.05) is 29.8 Å². The van der Waals surface area contributed by atoms with Crippen LogP contribution in [0.25, 0.3) is 11.0 Å². The van der Waals surface area contributed by atoms with Crippen LogP contribution in [0.3, 0.4) is 0 Å². The zero-order valence-electron chi connectivity index (χ0n) is 14.0. The third kappa shape index (κ3) is 4.37. The Labute approximate surface area is 153 Å². The van der Waals surface area contributed by atoms with Gasteiger partial charge in [0, 0.05) is 11.0 Å². The molecule has 3 rings (SSSR count). The number of nitrogens with one attached hydrogen (secondary N) is 3. The molecule has 1 amide bonds. The molecule has 130 valence electrons. The Morgan fingerprint density at radius 3 is 2.48 bits per heavy atom. The lowest BCUT2D eigenvalue weighted by molar-refractivity contribution is -0.117. The summed E-state index contributed by atoms with van der Waals surface area (Å²) in [6.07, 6.45) is 0. The van der Waals surface area contributed by atoms with Crippen LogP contribution in [0.2, 0.25) is 0 Å². The number of likely N-dealkylation sites (N-methyl/N-ethyl adjacent to an activating group) is 1. The number of anilines is 1. The molecule has 0 fully saturated rings. The first kappa shape index (κ1) is 17.4. The van der Waals surface area contributed by atoms with Crippen molar-refractivity contribution < 1.29 is 4.79 Å². The minimum atomic E-state index is -0.275. The second-order valence-electron chi connectivity index (χ2n) is 6.16. The zero-order chi connectivity index (χ0) is 18.0. The average molecular weight is 403 g/mol. The smallest absolute Gasteiger partial charge is 0.323 e. The van der Waals surface area contributed by atoms with Crippen LogP contribution < -0.4 is 11.0 Å². The summed E-state index contributed by atoms with van der Waals surface area (Å²) < 4.78 is 0.713. The minimum absolute atomic E-state index is 0.118. The van der Waals surface area contributed by atoms with Crippen LogP contribution in [0.5, 0.6) is 0 Å². The van der Waals surface area contributed by atoms with Crippen molar-refractivity contribution in [2.24, 2.45) is 0 Å². The van der Waals surface area contributed by atoms with Crippen molar-refractivity contribution in [1.82, 2.24) is 14.9 Å². The van der Waals surface area contributed by atoms with Crippen LogP contribution in [0.15, 0.2) is 45.7 Å². The van der Waals surface area contributed by atoms with E-state index in [2.05, 4.69) is 55.5 Å². The molecule has 0 atom stereocenters. The van der Waals surface area contributed by atoms with Crippen LogP contribution in [-0.4, -0.2) is 34.4 Å². The lowest BCUT2D eigenvalue weighted by Crippen LogP contribution is -2.29. The van der Waals surface area contributed by atoms with E-state index in [1.807, 2.05) is 18.9 Å². The Morgan fingerprint density at radius 1 is 1.16 bits per heavy atom. The lowest BCUT2D eigenvalue weighted by atomic mass is 10.1. The van der Waals surface area contributed by atoms with Gasteiger partial charge in [0.25, 0.3) is 0 Å². The molecule has 2 aromatic carbocycles. The van der Waals surface area contributed by atoms with Crippen LogP contribution in [0.4, 0.5) is 5.69 Å². The topological polar surface area (TPSA) is 81.0 Å². The summed E-state index contributed by atoms with van der Waals surface area (Å²) in [4.78, 5) is 31.0. The number of carbonyl (C=O) groups is 1. The van der Waals surface area contributed by atoms with Gasteiger partial charge < -0.3 is 15.3 Å². The van der Waals surface area contributed by atoms with Gasteiger partial charge >= 0.3 is 5.69 Å². The second-order valence-corrected chi connectivity index (χ2v) is 7.02. The largest absolute Gasteiger partial charge is 0.324 e. The van der Waals surface area contributed by atoms with E-state index in [0.717, 1.165) is 5.56 Å². The van der Waals surface area contributed by atoms with Gasteiger partial charge in [0.15, 0.2) is 0 Å². The van der Waals surface area contributed by atoms with Gasteiger partial charge in [-0.05, 0) is 47.6 Å². The molecule has 0 bridgehead atoms. The molecule has 3 N–H and O–H groups in total. The number of nitrogens with zero attached hydrogens (tertiary/aromatic N) is 1. The molecule has 1 aromatic heterocycles. The van der Waals surface area contributed by atoms with Gasteiger partial charge in [-0.3, -0.25) is 9.69 Å². The van der Waals surface area contributed by atoms with Crippen molar-refractivity contribution in [3.05, 3.63) is 62.5 Å². The molecule has 6 nitrogen and oxygen atoms in total. The fourth-order valence-corrected chi connectivity index (χ4v) is 3.09. The van der Waals surface area contributed by atoms with Gasteiger partial charge in [0.1, 0.15) is 0 Å². The van der Waals surface area contributed by atoms with E-state index in [1.165, 1.54) is 5.56 Å². The molecule has 25 heavy (non-hydrogen) atoms. The monoisotopic (exact) mass is 402 g/mol. The number of imidazole rings is 1. The number of carbonyl (C=O) groups excluding carboxylic acids is 1. The van der Waals surface area contributed by atoms with Crippen molar-refractivity contribution in [3.63, 3.8) is 0 Å². The van der Waals surface area contributed by atoms with Gasteiger partial charge in [0.05, 0.1) is 23.3 Å². The van der Waals surface area contributed by atoms with Crippen LogP contribution in [-0.2, 0) is 11.3 Å². The maximum atomic E-state index is 12.3. The third-order valence-electron chi connectivity index (χ3n) is 3.86. The Kier molecular flexibility index (Phi) is 5.06. The highest BCUT2D eigenvalue weighted by atomic mass is 79.9. The number of amides is 1. The van der Waals surface area contributed by atoms with Crippen molar-refractivity contribution >= 4 is 38.6 Å². The first-order valence-corrected chi connectivity index (χ1v) is 8.65. The Bertz CT molecular complexity index is 959. The fourth-order valence-electron chi connectivity index (χ4n) is 2.65. The molecule has 0 aliphatic carbocycles. The predicted molar refractivity (Wildman–Crippen MR) is 103 cm³/mol. The molecule has 0 radical (unpaired) electrons. The zero-order valence-corrected chi connectivity index (χ0v) is 15.6. The van der Waals surface area contributed by atoms with Gasteiger partial charge in [-0.15, -0.1) is 0 Å². The maximum Gasteiger partial charge on any atom is 0.323 e. The molecule has 0 saturated carbocycles. The fraction of sp³-hybridized carbons (Fsp3) is 0.222. The molecule has 3 aromatic rings. The minimum Gasteiger partial charge on any atom is -0.324 e. The predicted octanol–water partition coefficient (Wildman–Crippen LogP) is 3.00. The first-order chi connectivity index (χ1) is 11.9. The van der Waals surface area contributed by atoms with Crippen molar-refractivity contribution in [2.45, 2.75) is 13.5 Å². The standard InChI is InChI=1S/C18H19BrN4O2/c1-11-3-5-12(6-4-11)9-23(2)10-17(24)20-14-8-16-15(7-13(14)19)21-18(25)22-16/h3-8H,9-10H2,1-2H3,(H,20,24)(H2,21,22,25). The number of aryl methyl sites for hydroxylation is 1. The summed E-state index contributed by atoms with van der Waals surface area (Å²) in [6, 6.07) is 11.8. The molecular formula is C18H19BrN4O2. The number of hydrogen-bond donors (Lipinski definition) is 3. The SMILES string of the molecule is Cc1ccc(CN(C)CC(=O)Nc2cc3[nH]c(=O)[nH]c3cc2Br)cc1. The van der Waals surface area contributed by atoms with Gasteiger partial charge in [0.2, 0.25) is 5.91 Å². The lowest BCUT2D eigenvalue weighted by Gasteiger charge is -2.17. The number of hydrogen-bond acceptors (Lipinski definition) is 3. The Morgan fingerprint density at radius 2 is 1.80 bits per heavy atom. The normalized spacial score (nSPS) is 11.2. The third-order valence-corrected chi connectivity index (χ3v) is 4.52. The highest BCUT2D eigenvalue weighted by Gasteiger charge is 2.11. The number of aromatic nitrogens is 2. The average Bonchev–Trinajstić information content (AvgIpc) is 2.88. The van der Waals surface area contributed by atoms with E-state index < -0.39 is 0 Å². The van der Waals surface area contributed by atoms with E-state index in [9.17, 15) is 9.59 Å². The molecule has 1 heterocycles. The Hall–Kier alpha value is -2.38. The summed E-state index contributed by atoms with van der Waals surface area (Å²) in [5.74, 6) is -0.118. The first-order valence-electron chi connectivity index (χ1n) is 7.86. The molecule has 0 unspecified atom stereocenters. The molecule has 0 aliphatic heterocycles. The van der Waals surface area contributed by atoms with Gasteiger partial charge in [-0.25, -0.2) is 4.79 Å². The highest BCUT2D eigenvalue weighted by Crippen LogP contribution is 2.26. The molecular weight excluding hydrogens is 384 g/mol. The van der Waals surface area contributed by atoms with E-state index >= 15 is 0 Å². The summed E-state index contributed by atoms with van der Waals surface area (Å²) in [6.45, 7) is 3.01. The van der Waals surface area contributed by atoms with E-state index in [0.29, 0.717) is 27.7 Å². The van der Waals surface area contributed by atoms with Crippen molar-refractivity contribution in [3.8, 4) is 0 Å². The molecule has 0 spiro atoms. The highest BCUT2D eigenvalue weighted by molar-refractivity contribution is 9.10. The van der Waals surface area contributed by atoms with Crippen LogP contribution >= 0.6 is 15.9 Å². The molecule has 0 saturated heterocycles. The summed E-state index contributed by atoms with van der Waals surface area (Å²) in [5.41, 5.74) is 4.06. The number of halogens is 1. The van der Waals surface area contributed by atoms with E-state index in [-0.39, 0.29) is 18.1 Å². The summed E-state index contributed by atoms with van der Waals surface area (Å²) in [5, 5.41) is 2.87. The van der Waals surface area contributed by atoms with E-state index in [1.54, 1.807) is 12.1 Å². The maximum absolute atomic E-state index is 12.3. The summed E-state index contributed by atoms with van der Waals surface area (Å²) >= 11 is 3.42. The van der Waals surface area contributed by atoms with E-state index in [4.69, 9.17) is 0 Å². The number of rotatable bonds is 5. The number of benzene rings is 2. The number of fused-ring (bicyclic) bond motifs is 1. The van der Waals surface area contributed by atoms with Crippen LogP contribution in [0, 0.1) is 6.92 Å². The number of aromatic amines is 2. The quantitative estimate of drug-likeness (QED) is 0.613. The summed E-state index contributed by atoms with van der Waals surface area (Å²) in [7, 11) is 1.90. The second kappa shape index (κ2) is 7.25. The van der Waals surface area contributed by atoms with Crippen molar-refractivity contribution in [2.75, 3.05) is 18.9 Å². The number of H-pyrrole nitrogens is 2. The van der Waals surface area contributed by atoms with Crippen LogP contribution in [0.1, 0.15) is 11.1 Å². The molecule has 7 heteroatoms. The van der Waals surface area contributed by atoms with Crippen molar-refractivity contribution in [1.29, 1.82) is 0 Å².